The zero-order valence-corrected chi connectivity index (χ0v) is 12.2. The molecule has 1 aromatic carbocycles. The minimum atomic E-state index is -1.11. The molecule has 0 spiro atoms. The number of nitro groups is 2. The summed E-state index contributed by atoms with van der Waals surface area (Å²) in [4.78, 5) is 35.9. The van der Waals surface area contributed by atoms with Gasteiger partial charge in [-0.1, -0.05) is 12.1 Å². The molecule has 1 atom stereocenters. The van der Waals surface area contributed by atoms with Gasteiger partial charge in [0, 0.05) is 20.2 Å². The average Bonchev–Trinajstić information content (AvgIpc) is 2.48. The molecular weight excluding hydrogens is 292 g/mol. The molecule has 1 aliphatic rings. The van der Waals surface area contributed by atoms with Gasteiger partial charge in [-0.2, -0.15) is 0 Å². The van der Waals surface area contributed by atoms with Crippen molar-refractivity contribution < 1.29 is 14.6 Å². The first-order valence-electron chi connectivity index (χ1n) is 6.36. The highest BCUT2D eigenvalue weighted by Crippen LogP contribution is 2.39. The zero-order valence-electron chi connectivity index (χ0n) is 12.2. The van der Waals surface area contributed by atoms with Crippen LogP contribution in [0.15, 0.2) is 35.7 Å². The number of rotatable bonds is 3. The first-order valence-corrected chi connectivity index (χ1v) is 6.36. The summed E-state index contributed by atoms with van der Waals surface area (Å²) in [7, 11) is 2.81. The van der Waals surface area contributed by atoms with Crippen molar-refractivity contribution in [2.45, 2.75) is 13.0 Å². The summed E-state index contributed by atoms with van der Waals surface area (Å²) >= 11 is 0. The van der Waals surface area contributed by atoms with E-state index in [1.807, 2.05) is 0 Å². The maximum atomic E-state index is 12.2. The van der Waals surface area contributed by atoms with E-state index in [2.05, 4.69) is 0 Å². The van der Waals surface area contributed by atoms with Gasteiger partial charge in [0.1, 0.15) is 0 Å². The Labute approximate surface area is 125 Å². The number of nitrogens with zero attached hydrogens (tertiary/aromatic N) is 4. The molecule has 22 heavy (non-hydrogen) atoms. The molecule has 1 aliphatic heterocycles. The predicted molar refractivity (Wildman–Crippen MR) is 76.5 cm³/mol. The van der Waals surface area contributed by atoms with Crippen LogP contribution in [0.1, 0.15) is 18.5 Å². The molecule has 0 saturated heterocycles. The lowest BCUT2D eigenvalue weighted by Crippen LogP contribution is -2.47. The third kappa shape index (κ3) is 2.26. The number of amides is 2. The van der Waals surface area contributed by atoms with E-state index in [1.54, 1.807) is 6.07 Å². The predicted octanol–water partition coefficient (Wildman–Crippen LogP) is 2.14. The van der Waals surface area contributed by atoms with Gasteiger partial charge in [-0.15, -0.1) is 0 Å². The molecular formula is C13H14N4O5. The SMILES string of the molecule is CC1=C([N+](=O)[O-])[C@H](c2ccccc2[N+](=O)[O-])N(C)C(=O)N1C. The Hall–Kier alpha value is -2.97. The van der Waals surface area contributed by atoms with Gasteiger partial charge in [0.05, 0.1) is 21.1 Å². The minimum Gasteiger partial charge on any atom is -0.310 e. The Morgan fingerprint density at radius 2 is 1.68 bits per heavy atom. The zero-order chi connectivity index (χ0) is 16.6. The molecule has 0 unspecified atom stereocenters. The van der Waals surface area contributed by atoms with Crippen molar-refractivity contribution in [2.75, 3.05) is 14.1 Å². The highest BCUT2D eigenvalue weighted by atomic mass is 16.6. The summed E-state index contributed by atoms with van der Waals surface area (Å²) in [5.41, 5.74) is -0.235. The topological polar surface area (TPSA) is 110 Å². The van der Waals surface area contributed by atoms with Crippen molar-refractivity contribution in [3.63, 3.8) is 0 Å². The number of carbonyl (C=O) groups is 1. The monoisotopic (exact) mass is 306 g/mol. The van der Waals surface area contributed by atoms with Crippen LogP contribution in [-0.2, 0) is 0 Å². The number of hydrogen-bond acceptors (Lipinski definition) is 5. The Morgan fingerprint density at radius 1 is 1.09 bits per heavy atom. The van der Waals surface area contributed by atoms with Crippen LogP contribution < -0.4 is 0 Å². The maximum Gasteiger partial charge on any atom is 0.324 e. The molecule has 116 valence electrons. The number of carbonyl (C=O) groups excluding carboxylic acids is 1. The lowest BCUT2D eigenvalue weighted by Gasteiger charge is -2.35. The Bertz CT molecular complexity index is 699. The molecule has 1 aromatic rings. The van der Waals surface area contributed by atoms with E-state index >= 15 is 0 Å². The standard InChI is InChI=1S/C13H14N4O5/c1-8-11(17(21)22)12(15(3)13(18)14(8)2)9-6-4-5-7-10(9)16(19)20/h4-7,12H,1-3H3/t12-/m0/s1. The van der Waals surface area contributed by atoms with E-state index in [4.69, 9.17) is 0 Å². The second-order valence-corrected chi connectivity index (χ2v) is 4.90. The first-order chi connectivity index (χ1) is 10.3. The normalized spacial score (nSPS) is 18.7. The maximum absolute atomic E-state index is 12.2. The number of allylic oxidation sites excluding steroid dienone is 1. The fourth-order valence-corrected chi connectivity index (χ4v) is 2.52. The minimum absolute atomic E-state index is 0.113. The van der Waals surface area contributed by atoms with Crippen LogP contribution in [0.2, 0.25) is 0 Å². The summed E-state index contributed by atoms with van der Waals surface area (Å²) < 4.78 is 0. The van der Waals surface area contributed by atoms with Crippen molar-refractivity contribution in [2.24, 2.45) is 0 Å². The number of hydrogen-bond donors (Lipinski definition) is 0. The molecule has 0 bridgehead atoms. The van der Waals surface area contributed by atoms with Crippen LogP contribution >= 0.6 is 0 Å². The van der Waals surface area contributed by atoms with Crippen LogP contribution in [0.5, 0.6) is 0 Å². The van der Waals surface area contributed by atoms with E-state index in [1.165, 1.54) is 39.2 Å². The molecule has 2 rings (SSSR count). The van der Waals surface area contributed by atoms with E-state index in [0.717, 1.165) is 9.80 Å². The second-order valence-electron chi connectivity index (χ2n) is 4.90. The summed E-state index contributed by atoms with van der Waals surface area (Å²) in [5.74, 6) is 0. The molecule has 0 saturated carbocycles. The molecule has 0 N–H and O–H groups in total. The summed E-state index contributed by atoms with van der Waals surface area (Å²) in [6, 6.07) is 4.13. The number of para-hydroxylation sites is 1. The van der Waals surface area contributed by atoms with Crippen molar-refractivity contribution in [3.05, 3.63) is 61.5 Å². The lowest BCUT2D eigenvalue weighted by atomic mass is 9.97. The number of likely N-dealkylation sites (N-methyl/N-ethyl adjacent to an activating group) is 1. The van der Waals surface area contributed by atoms with Crippen LogP contribution in [0.4, 0.5) is 10.5 Å². The van der Waals surface area contributed by atoms with E-state index in [-0.39, 0.29) is 22.6 Å². The van der Waals surface area contributed by atoms with Crippen molar-refractivity contribution in [3.8, 4) is 0 Å². The van der Waals surface area contributed by atoms with E-state index in [0.29, 0.717) is 0 Å². The molecule has 0 radical (unpaired) electrons. The van der Waals surface area contributed by atoms with Gasteiger partial charge in [-0.3, -0.25) is 25.1 Å². The molecule has 0 aliphatic carbocycles. The molecule has 0 fully saturated rings. The van der Waals surface area contributed by atoms with Gasteiger partial charge in [-0.25, -0.2) is 4.79 Å². The second kappa shape index (κ2) is 5.43. The third-order valence-electron chi connectivity index (χ3n) is 3.73. The molecule has 2 amide bonds. The number of benzene rings is 1. The third-order valence-corrected chi connectivity index (χ3v) is 3.73. The van der Waals surface area contributed by atoms with Gasteiger partial charge in [-0.05, 0) is 13.0 Å². The Balaban J connectivity index is 2.73. The fraction of sp³-hybridized carbons (Fsp3) is 0.308. The van der Waals surface area contributed by atoms with Gasteiger partial charge in [0.2, 0.25) is 0 Å². The van der Waals surface area contributed by atoms with Crippen LogP contribution in [0.3, 0.4) is 0 Å². The summed E-state index contributed by atoms with van der Waals surface area (Å²) in [6.07, 6.45) is 0. The van der Waals surface area contributed by atoms with Gasteiger partial charge in [0.15, 0.2) is 6.04 Å². The number of urea groups is 1. The van der Waals surface area contributed by atoms with Crippen LogP contribution in [-0.4, -0.2) is 39.8 Å². The smallest absolute Gasteiger partial charge is 0.310 e. The fourth-order valence-electron chi connectivity index (χ4n) is 2.52. The molecule has 1 heterocycles. The van der Waals surface area contributed by atoms with Crippen molar-refractivity contribution >= 4 is 11.7 Å². The molecule has 0 aromatic heterocycles. The summed E-state index contributed by atoms with van der Waals surface area (Å²) in [5, 5.41) is 22.6. The first kappa shape index (κ1) is 15.4. The lowest BCUT2D eigenvalue weighted by molar-refractivity contribution is -0.437. The quantitative estimate of drug-likeness (QED) is 0.627. The Kier molecular flexibility index (Phi) is 3.81. The van der Waals surface area contributed by atoms with Gasteiger partial charge < -0.3 is 4.90 Å². The van der Waals surface area contributed by atoms with E-state index in [9.17, 15) is 25.0 Å². The largest absolute Gasteiger partial charge is 0.324 e. The van der Waals surface area contributed by atoms with Crippen molar-refractivity contribution in [1.29, 1.82) is 0 Å². The molecule has 9 heteroatoms. The van der Waals surface area contributed by atoms with Gasteiger partial charge >= 0.3 is 6.03 Å². The van der Waals surface area contributed by atoms with Gasteiger partial charge in [0.25, 0.3) is 11.4 Å². The highest BCUT2D eigenvalue weighted by molar-refractivity contribution is 5.78. The summed E-state index contributed by atoms with van der Waals surface area (Å²) in [6.45, 7) is 1.45. The van der Waals surface area contributed by atoms with E-state index < -0.39 is 21.9 Å². The molecule has 9 nitrogen and oxygen atoms in total. The average molecular weight is 306 g/mol. The van der Waals surface area contributed by atoms with Crippen LogP contribution in [0, 0.1) is 20.2 Å². The number of nitro benzene ring substituents is 1. The van der Waals surface area contributed by atoms with Crippen molar-refractivity contribution in [1.82, 2.24) is 9.80 Å². The van der Waals surface area contributed by atoms with Crippen LogP contribution in [0.25, 0.3) is 0 Å². The Morgan fingerprint density at radius 3 is 2.23 bits per heavy atom. The highest BCUT2D eigenvalue weighted by Gasteiger charge is 2.44.